The second-order valence-electron chi connectivity index (χ2n) is 4.01. The zero-order chi connectivity index (χ0) is 13.5. The van der Waals surface area contributed by atoms with Gasteiger partial charge in [0.25, 0.3) is 0 Å². The lowest BCUT2D eigenvalue weighted by molar-refractivity contribution is -0.131. The second-order valence-corrected chi connectivity index (χ2v) is 4.01. The molecule has 0 radical (unpaired) electrons. The van der Waals surface area contributed by atoms with Crippen molar-refractivity contribution in [3.63, 3.8) is 0 Å². The number of carboxylic acid groups (broad SMARTS) is 1. The molecule has 2 aromatic rings. The summed E-state index contributed by atoms with van der Waals surface area (Å²) in [4.78, 5) is 10.4. The Bertz CT molecular complexity index is 556. The van der Waals surface area contributed by atoms with E-state index in [1.54, 1.807) is 6.08 Å². The summed E-state index contributed by atoms with van der Waals surface area (Å²) in [5.74, 6) is -0.117. The smallest absolute Gasteiger partial charge is 0.328 e. The van der Waals surface area contributed by atoms with E-state index in [0.717, 1.165) is 23.0 Å². The number of carboxylic acids is 1. The highest BCUT2D eigenvalue weighted by atomic mass is 16.5. The molecule has 0 saturated heterocycles. The first-order valence-electron chi connectivity index (χ1n) is 5.92. The van der Waals surface area contributed by atoms with Crippen LogP contribution in [0.2, 0.25) is 0 Å². The minimum absolute atomic E-state index is 0.493. The van der Waals surface area contributed by atoms with Crippen LogP contribution in [0.15, 0.2) is 60.7 Å². The van der Waals surface area contributed by atoms with E-state index in [1.165, 1.54) is 0 Å². The molecule has 2 aromatic carbocycles. The molecule has 96 valence electrons. The molecule has 19 heavy (non-hydrogen) atoms. The van der Waals surface area contributed by atoms with Crippen LogP contribution in [-0.4, -0.2) is 11.1 Å². The summed E-state index contributed by atoms with van der Waals surface area (Å²) < 4.78 is 5.62. The van der Waals surface area contributed by atoms with E-state index in [-0.39, 0.29) is 0 Å². The highest BCUT2D eigenvalue weighted by molar-refractivity contribution is 5.85. The molecule has 0 unspecified atom stereocenters. The van der Waals surface area contributed by atoms with Crippen molar-refractivity contribution in [3.8, 4) is 5.75 Å². The average molecular weight is 254 g/mol. The third-order valence-corrected chi connectivity index (χ3v) is 2.55. The van der Waals surface area contributed by atoms with Crippen LogP contribution in [0.5, 0.6) is 5.75 Å². The molecule has 0 aliphatic heterocycles. The van der Waals surface area contributed by atoms with Crippen LogP contribution in [0, 0.1) is 0 Å². The molecule has 0 aliphatic rings. The fraction of sp³-hybridized carbons (Fsp3) is 0.0625. The first-order chi connectivity index (χ1) is 9.24. The monoisotopic (exact) mass is 254 g/mol. The Morgan fingerprint density at radius 2 is 1.74 bits per heavy atom. The van der Waals surface area contributed by atoms with Crippen molar-refractivity contribution in [1.82, 2.24) is 0 Å². The Kier molecular flexibility index (Phi) is 4.34. The Balaban J connectivity index is 1.94. The SMILES string of the molecule is O=C(O)C=Cc1ccc(COc2ccccc2)cc1. The van der Waals surface area contributed by atoms with Gasteiger partial charge >= 0.3 is 5.97 Å². The molecule has 0 bridgehead atoms. The number of hydrogen-bond donors (Lipinski definition) is 1. The van der Waals surface area contributed by atoms with E-state index < -0.39 is 5.97 Å². The molecule has 0 saturated carbocycles. The van der Waals surface area contributed by atoms with Gasteiger partial charge in [0, 0.05) is 6.08 Å². The molecule has 0 atom stereocenters. The predicted molar refractivity (Wildman–Crippen MR) is 73.9 cm³/mol. The molecule has 0 aliphatic carbocycles. The van der Waals surface area contributed by atoms with Crippen LogP contribution in [0.25, 0.3) is 6.08 Å². The van der Waals surface area contributed by atoms with Crippen molar-refractivity contribution >= 4 is 12.0 Å². The van der Waals surface area contributed by atoms with Crippen molar-refractivity contribution in [3.05, 3.63) is 71.8 Å². The maximum absolute atomic E-state index is 10.4. The highest BCUT2D eigenvalue weighted by Gasteiger charge is 1.96. The third-order valence-electron chi connectivity index (χ3n) is 2.55. The van der Waals surface area contributed by atoms with Gasteiger partial charge in [-0.1, -0.05) is 42.5 Å². The number of ether oxygens (including phenoxy) is 1. The van der Waals surface area contributed by atoms with Crippen molar-refractivity contribution in [2.75, 3.05) is 0 Å². The van der Waals surface area contributed by atoms with E-state index in [4.69, 9.17) is 9.84 Å². The Morgan fingerprint density at radius 3 is 2.37 bits per heavy atom. The summed E-state index contributed by atoms with van der Waals surface area (Å²) >= 11 is 0. The van der Waals surface area contributed by atoms with Crippen molar-refractivity contribution < 1.29 is 14.6 Å². The summed E-state index contributed by atoms with van der Waals surface area (Å²) in [5.41, 5.74) is 1.89. The van der Waals surface area contributed by atoms with Crippen LogP contribution in [0.3, 0.4) is 0 Å². The first-order valence-corrected chi connectivity index (χ1v) is 5.92. The van der Waals surface area contributed by atoms with Crippen LogP contribution < -0.4 is 4.74 Å². The molecule has 3 heteroatoms. The zero-order valence-electron chi connectivity index (χ0n) is 10.3. The van der Waals surface area contributed by atoms with E-state index in [9.17, 15) is 4.79 Å². The lowest BCUT2D eigenvalue weighted by atomic mass is 10.1. The number of hydrogen-bond acceptors (Lipinski definition) is 2. The minimum atomic E-state index is -0.948. The van der Waals surface area contributed by atoms with Gasteiger partial charge < -0.3 is 9.84 Å². The molecule has 0 heterocycles. The molecule has 0 amide bonds. The maximum atomic E-state index is 10.4. The van der Waals surface area contributed by atoms with Gasteiger partial charge in [-0.3, -0.25) is 0 Å². The van der Waals surface area contributed by atoms with Crippen LogP contribution in [-0.2, 0) is 11.4 Å². The third kappa shape index (κ3) is 4.32. The van der Waals surface area contributed by atoms with E-state index in [0.29, 0.717) is 6.61 Å². The number of aliphatic carboxylic acids is 1. The normalized spacial score (nSPS) is 10.5. The maximum Gasteiger partial charge on any atom is 0.328 e. The minimum Gasteiger partial charge on any atom is -0.489 e. The summed E-state index contributed by atoms with van der Waals surface area (Å²) in [6, 6.07) is 17.2. The molecule has 0 spiro atoms. The Labute approximate surface area is 111 Å². The fourth-order valence-corrected chi connectivity index (χ4v) is 1.58. The molecule has 1 N–H and O–H groups in total. The van der Waals surface area contributed by atoms with Gasteiger partial charge in [-0.05, 0) is 29.3 Å². The molecular formula is C16H14O3. The van der Waals surface area contributed by atoms with Gasteiger partial charge in [0.2, 0.25) is 0 Å². The van der Waals surface area contributed by atoms with Crippen LogP contribution >= 0.6 is 0 Å². The van der Waals surface area contributed by atoms with Gasteiger partial charge in [0.05, 0.1) is 0 Å². The number of para-hydroxylation sites is 1. The van der Waals surface area contributed by atoms with Crippen LogP contribution in [0.1, 0.15) is 11.1 Å². The summed E-state index contributed by atoms with van der Waals surface area (Å²) in [5, 5.41) is 8.53. The molecule has 3 nitrogen and oxygen atoms in total. The van der Waals surface area contributed by atoms with Crippen molar-refractivity contribution in [2.45, 2.75) is 6.61 Å². The van der Waals surface area contributed by atoms with Gasteiger partial charge in [0.1, 0.15) is 12.4 Å². The van der Waals surface area contributed by atoms with E-state index in [1.807, 2.05) is 54.6 Å². The Hall–Kier alpha value is -2.55. The molecular weight excluding hydrogens is 240 g/mol. The standard InChI is InChI=1S/C16H14O3/c17-16(18)11-10-13-6-8-14(9-7-13)12-19-15-4-2-1-3-5-15/h1-11H,12H2,(H,17,18). The lowest BCUT2D eigenvalue weighted by Crippen LogP contribution is -1.94. The van der Waals surface area contributed by atoms with E-state index >= 15 is 0 Å². The first kappa shape index (κ1) is 12.9. The lowest BCUT2D eigenvalue weighted by Gasteiger charge is -2.06. The van der Waals surface area contributed by atoms with Crippen molar-refractivity contribution in [2.24, 2.45) is 0 Å². The van der Waals surface area contributed by atoms with Gasteiger partial charge in [-0.2, -0.15) is 0 Å². The van der Waals surface area contributed by atoms with Crippen LogP contribution in [0.4, 0.5) is 0 Å². The topological polar surface area (TPSA) is 46.5 Å². The fourth-order valence-electron chi connectivity index (χ4n) is 1.58. The van der Waals surface area contributed by atoms with Gasteiger partial charge in [-0.15, -0.1) is 0 Å². The Morgan fingerprint density at radius 1 is 1.05 bits per heavy atom. The largest absolute Gasteiger partial charge is 0.489 e. The van der Waals surface area contributed by atoms with Crippen molar-refractivity contribution in [1.29, 1.82) is 0 Å². The second kappa shape index (κ2) is 6.40. The predicted octanol–water partition coefficient (Wildman–Crippen LogP) is 3.36. The molecule has 0 fully saturated rings. The van der Waals surface area contributed by atoms with Gasteiger partial charge in [0.15, 0.2) is 0 Å². The summed E-state index contributed by atoms with van der Waals surface area (Å²) in [6.45, 7) is 0.493. The molecule has 2 rings (SSSR count). The zero-order valence-corrected chi connectivity index (χ0v) is 10.3. The highest BCUT2D eigenvalue weighted by Crippen LogP contribution is 2.12. The number of benzene rings is 2. The quantitative estimate of drug-likeness (QED) is 0.832. The summed E-state index contributed by atoms with van der Waals surface area (Å²) in [7, 11) is 0. The van der Waals surface area contributed by atoms with E-state index in [2.05, 4.69) is 0 Å². The number of rotatable bonds is 5. The summed E-state index contributed by atoms with van der Waals surface area (Å²) in [6.07, 6.45) is 2.68. The number of carbonyl (C=O) groups is 1. The molecule has 0 aromatic heterocycles. The average Bonchev–Trinajstić information content (AvgIpc) is 2.45. The van der Waals surface area contributed by atoms with Gasteiger partial charge in [-0.25, -0.2) is 4.79 Å².